The number of amides is 1. The van der Waals surface area contributed by atoms with E-state index in [9.17, 15) is 4.79 Å². The Kier molecular flexibility index (Phi) is 6.19. The highest BCUT2D eigenvalue weighted by atomic mass is 16.2. The molecule has 1 aromatic heterocycles. The molecular formula is C28H25N5O. The van der Waals surface area contributed by atoms with Gasteiger partial charge in [0.2, 0.25) is 5.91 Å². The summed E-state index contributed by atoms with van der Waals surface area (Å²) in [5, 5.41) is 12.4. The molecular weight excluding hydrogens is 422 g/mol. The lowest BCUT2D eigenvalue weighted by Gasteiger charge is -2.18. The molecule has 1 saturated heterocycles. The smallest absolute Gasteiger partial charge is 0.244 e. The highest BCUT2D eigenvalue weighted by Crippen LogP contribution is 2.27. The number of nitriles is 1. The third-order valence-corrected chi connectivity index (χ3v) is 6.23. The first-order valence-corrected chi connectivity index (χ1v) is 11.4. The molecule has 0 aliphatic carbocycles. The van der Waals surface area contributed by atoms with E-state index in [-0.39, 0.29) is 11.9 Å². The lowest BCUT2D eigenvalue weighted by Crippen LogP contribution is -2.38. The third kappa shape index (κ3) is 4.61. The Morgan fingerprint density at radius 2 is 1.79 bits per heavy atom. The standard InChI is InChI=1S/C28H25N5O/c29-16-21-9-11-22(12-10-21)19-32-20-30-17-26(32)18-31-27-13-14-33(28(27)34)25-8-4-7-24(15-25)23-5-2-1-3-6-23/h1-12,15,17,20,27,31H,13-14,18-19H2/t27-/m1/s1. The van der Waals surface area contributed by atoms with Crippen molar-refractivity contribution in [3.63, 3.8) is 0 Å². The number of carbonyl (C=O) groups excluding carboxylic acids is 1. The van der Waals surface area contributed by atoms with Gasteiger partial charge in [0.25, 0.3) is 0 Å². The minimum absolute atomic E-state index is 0.100. The molecule has 0 bridgehead atoms. The van der Waals surface area contributed by atoms with Crippen LogP contribution >= 0.6 is 0 Å². The minimum Gasteiger partial charge on any atom is -0.329 e. The first-order valence-electron chi connectivity index (χ1n) is 11.4. The molecule has 0 saturated carbocycles. The van der Waals surface area contributed by atoms with Gasteiger partial charge in [0.05, 0.1) is 29.7 Å². The molecule has 0 radical (unpaired) electrons. The summed E-state index contributed by atoms with van der Waals surface area (Å²) >= 11 is 0. The largest absolute Gasteiger partial charge is 0.329 e. The number of benzene rings is 3. The number of imidazole rings is 1. The fourth-order valence-electron chi connectivity index (χ4n) is 4.36. The van der Waals surface area contributed by atoms with Gasteiger partial charge in [-0.3, -0.25) is 4.79 Å². The Balaban J connectivity index is 1.23. The van der Waals surface area contributed by atoms with E-state index in [1.165, 1.54) is 0 Å². The Morgan fingerprint density at radius 3 is 2.59 bits per heavy atom. The predicted octanol–water partition coefficient (Wildman–Crippen LogP) is 4.37. The fourth-order valence-corrected chi connectivity index (χ4v) is 4.36. The summed E-state index contributed by atoms with van der Waals surface area (Å²) in [6.45, 7) is 1.92. The molecule has 4 aromatic rings. The average Bonchev–Trinajstić information content (AvgIpc) is 3.49. The molecule has 2 heterocycles. The van der Waals surface area contributed by atoms with E-state index < -0.39 is 0 Å². The molecule has 168 valence electrons. The van der Waals surface area contributed by atoms with Gasteiger partial charge in [0, 0.05) is 31.5 Å². The number of hydrogen-bond donors (Lipinski definition) is 1. The van der Waals surface area contributed by atoms with Gasteiger partial charge in [0.1, 0.15) is 0 Å². The van der Waals surface area contributed by atoms with Crippen LogP contribution in [0.1, 0.15) is 23.2 Å². The van der Waals surface area contributed by atoms with Crippen LogP contribution in [0.2, 0.25) is 0 Å². The number of rotatable bonds is 7. The summed E-state index contributed by atoms with van der Waals surface area (Å²) in [6, 6.07) is 27.8. The van der Waals surface area contributed by atoms with Crippen molar-refractivity contribution in [3.05, 3.63) is 108 Å². The van der Waals surface area contributed by atoms with Crippen molar-refractivity contribution in [2.45, 2.75) is 25.6 Å². The molecule has 1 aliphatic rings. The number of nitrogens with one attached hydrogen (secondary N) is 1. The molecule has 0 spiro atoms. The van der Waals surface area contributed by atoms with Crippen molar-refractivity contribution in [1.29, 1.82) is 5.26 Å². The highest BCUT2D eigenvalue weighted by molar-refractivity contribution is 5.99. The lowest BCUT2D eigenvalue weighted by molar-refractivity contribution is -0.118. The molecule has 1 amide bonds. The maximum Gasteiger partial charge on any atom is 0.244 e. The Bertz CT molecular complexity index is 1320. The van der Waals surface area contributed by atoms with Crippen molar-refractivity contribution in [2.75, 3.05) is 11.4 Å². The number of anilines is 1. The minimum atomic E-state index is -0.223. The molecule has 34 heavy (non-hydrogen) atoms. The van der Waals surface area contributed by atoms with Gasteiger partial charge in [0.15, 0.2) is 0 Å². The monoisotopic (exact) mass is 447 g/mol. The Hall–Kier alpha value is -4.21. The topological polar surface area (TPSA) is 74.0 Å². The van der Waals surface area contributed by atoms with Crippen LogP contribution in [0.4, 0.5) is 5.69 Å². The van der Waals surface area contributed by atoms with Crippen molar-refractivity contribution < 1.29 is 4.79 Å². The van der Waals surface area contributed by atoms with Gasteiger partial charge in [-0.25, -0.2) is 4.98 Å². The van der Waals surface area contributed by atoms with Gasteiger partial charge in [-0.1, -0.05) is 54.6 Å². The summed E-state index contributed by atoms with van der Waals surface area (Å²) in [5.74, 6) is 0.100. The average molecular weight is 448 g/mol. The molecule has 6 nitrogen and oxygen atoms in total. The second kappa shape index (κ2) is 9.74. The van der Waals surface area contributed by atoms with Crippen LogP contribution in [-0.4, -0.2) is 28.0 Å². The van der Waals surface area contributed by atoms with Crippen molar-refractivity contribution in [1.82, 2.24) is 14.9 Å². The van der Waals surface area contributed by atoms with Gasteiger partial charge < -0.3 is 14.8 Å². The first kappa shape index (κ1) is 21.6. The number of carbonyl (C=O) groups is 1. The van der Waals surface area contributed by atoms with Crippen LogP contribution in [0.5, 0.6) is 0 Å². The molecule has 1 aliphatic heterocycles. The van der Waals surface area contributed by atoms with Crippen LogP contribution in [0.25, 0.3) is 11.1 Å². The molecule has 1 N–H and O–H groups in total. The zero-order valence-electron chi connectivity index (χ0n) is 18.8. The molecule has 3 aromatic carbocycles. The third-order valence-electron chi connectivity index (χ3n) is 6.23. The van der Waals surface area contributed by atoms with E-state index in [4.69, 9.17) is 5.26 Å². The van der Waals surface area contributed by atoms with Gasteiger partial charge in [-0.2, -0.15) is 5.26 Å². The molecule has 5 rings (SSSR count). The van der Waals surface area contributed by atoms with Crippen LogP contribution < -0.4 is 10.2 Å². The second-order valence-electron chi connectivity index (χ2n) is 8.45. The fraction of sp³-hybridized carbons (Fsp3) is 0.179. The Morgan fingerprint density at radius 1 is 1.00 bits per heavy atom. The molecule has 0 unspecified atom stereocenters. The maximum atomic E-state index is 13.2. The van der Waals surface area contributed by atoms with Gasteiger partial charge in [-0.05, 0) is 47.4 Å². The van der Waals surface area contributed by atoms with E-state index in [1.807, 2.05) is 65.7 Å². The van der Waals surface area contributed by atoms with Crippen molar-refractivity contribution in [3.8, 4) is 17.2 Å². The van der Waals surface area contributed by atoms with Gasteiger partial charge >= 0.3 is 0 Å². The van der Waals surface area contributed by atoms with Gasteiger partial charge in [-0.15, -0.1) is 0 Å². The molecule has 6 heteroatoms. The van der Waals surface area contributed by atoms with E-state index in [0.29, 0.717) is 25.2 Å². The SMILES string of the molecule is N#Cc1ccc(Cn2cncc2CN[C@@H]2CCN(c3cccc(-c4ccccc4)c3)C2=O)cc1. The highest BCUT2D eigenvalue weighted by Gasteiger charge is 2.32. The van der Waals surface area contributed by atoms with Crippen LogP contribution in [-0.2, 0) is 17.9 Å². The quantitative estimate of drug-likeness (QED) is 0.457. The summed E-state index contributed by atoms with van der Waals surface area (Å²) in [7, 11) is 0. The summed E-state index contributed by atoms with van der Waals surface area (Å²) in [4.78, 5) is 19.3. The van der Waals surface area contributed by atoms with Crippen molar-refractivity contribution in [2.24, 2.45) is 0 Å². The van der Waals surface area contributed by atoms with Crippen LogP contribution in [0.15, 0.2) is 91.4 Å². The summed E-state index contributed by atoms with van der Waals surface area (Å²) in [5.41, 5.74) is 5.94. The normalized spacial score (nSPS) is 15.4. The van der Waals surface area contributed by atoms with E-state index in [1.54, 1.807) is 6.33 Å². The lowest BCUT2D eigenvalue weighted by atomic mass is 10.1. The summed E-state index contributed by atoms with van der Waals surface area (Å²) < 4.78 is 2.06. The maximum absolute atomic E-state index is 13.2. The summed E-state index contributed by atoms with van der Waals surface area (Å²) in [6.07, 6.45) is 4.39. The second-order valence-corrected chi connectivity index (χ2v) is 8.45. The number of nitrogens with zero attached hydrogens (tertiary/aromatic N) is 4. The van der Waals surface area contributed by atoms with Crippen LogP contribution in [0.3, 0.4) is 0 Å². The number of aromatic nitrogens is 2. The van der Waals surface area contributed by atoms with Crippen LogP contribution in [0, 0.1) is 11.3 Å². The predicted molar refractivity (Wildman–Crippen MR) is 132 cm³/mol. The first-order chi connectivity index (χ1) is 16.7. The van der Waals surface area contributed by atoms with E-state index in [2.05, 4.69) is 45.2 Å². The number of hydrogen-bond acceptors (Lipinski definition) is 4. The van der Waals surface area contributed by atoms with E-state index in [0.717, 1.165) is 34.5 Å². The van der Waals surface area contributed by atoms with Crippen molar-refractivity contribution >= 4 is 11.6 Å². The zero-order valence-corrected chi connectivity index (χ0v) is 18.8. The van der Waals surface area contributed by atoms with E-state index >= 15 is 0 Å². The zero-order chi connectivity index (χ0) is 23.3. The molecule has 1 fully saturated rings. The Labute approximate surface area is 199 Å². The molecule has 1 atom stereocenters.